The third kappa shape index (κ3) is 1.20. The molecule has 0 atom stereocenters. The second-order valence-electron chi connectivity index (χ2n) is 4.02. The summed E-state index contributed by atoms with van der Waals surface area (Å²) in [5, 5.41) is 8.12. The van der Waals surface area contributed by atoms with Gasteiger partial charge >= 0.3 is 0 Å². The lowest BCUT2D eigenvalue weighted by Gasteiger charge is -2.38. The van der Waals surface area contributed by atoms with E-state index < -0.39 is 0 Å². The van der Waals surface area contributed by atoms with Gasteiger partial charge in [0.1, 0.15) is 6.04 Å². The molecule has 2 fully saturated rings. The lowest BCUT2D eigenvalue weighted by molar-refractivity contribution is -0.138. The van der Waals surface area contributed by atoms with Gasteiger partial charge < -0.3 is 4.90 Å². The van der Waals surface area contributed by atoms with Crippen molar-refractivity contribution in [3.63, 3.8) is 0 Å². The van der Waals surface area contributed by atoms with Crippen molar-refractivity contribution in [2.45, 2.75) is 18.9 Å². The quantitative estimate of drug-likeness (QED) is 0.666. The normalized spacial score (nSPS) is 22.1. The minimum absolute atomic E-state index is 0.299. The van der Waals surface area contributed by atoms with Crippen LogP contribution in [0.3, 0.4) is 0 Å². The van der Waals surface area contributed by atoms with Gasteiger partial charge in [0.15, 0.2) is 0 Å². The van der Waals surface area contributed by atoms with Crippen molar-refractivity contribution in [1.29, 1.82) is 0 Å². The Bertz CT molecular complexity index is 338. The fourth-order valence-electron chi connectivity index (χ4n) is 1.78. The highest BCUT2D eigenvalue weighted by molar-refractivity contribution is 5.81. The van der Waals surface area contributed by atoms with Gasteiger partial charge in [-0.05, 0) is 12.8 Å². The number of aromatic nitrogens is 3. The van der Waals surface area contributed by atoms with Crippen LogP contribution in [-0.2, 0) is 4.79 Å². The highest BCUT2D eigenvalue weighted by Crippen LogP contribution is 2.33. The topological polar surface area (TPSA) is 51.0 Å². The van der Waals surface area contributed by atoms with E-state index >= 15 is 0 Å². The van der Waals surface area contributed by atoms with Crippen molar-refractivity contribution in [3.05, 3.63) is 12.4 Å². The monoisotopic (exact) mass is 192 g/mol. The summed E-state index contributed by atoms with van der Waals surface area (Å²) in [7, 11) is 0. The Morgan fingerprint density at radius 2 is 1.86 bits per heavy atom. The van der Waals surface area contributed by atoms with Gasteiger partial charge in [0.05, 0.1) is 12.4 Å². The molecule has 1 saturated carbocycles. The Morgan fingerprint density at radius 3 is 2.43 bits per heavy atom. The van der Waals surface area contributed by atoms with Crippen molar-refractivity contribution in [3.8, 4) is 0 Å². The SMILES string of the molecule is O=C(C1CC1)N1CC(n2nccn2)C1. The summed E-state index contributed by atoms with van der Waals surface area (Å²) in [6.45, 7) is 1.56. The maximum Gasteiger partial charge on any atom is 0.225 e. The summed E-state index contributed by atoms with van der Waals surface area (Å²) >= 11 is 0. The summed E-state index contributed by atoms with van der Waals surface area (Å²) < 4.78 is 0. The minimum atomic E-state index is 0.299. The van der Waals surface area contributed by atoms with E-state index in [1.165, 1.54) is 0 Å². The van der Waals surface area contributed by atoms with E-state index in [0.29, 0.717) is 17.9 Å². The highest BCUT2D eigenvalue weighted by Gasteiger charge is 2.40. The van der Waals surface area contributed by atoms with Gasteiger partial charge in [-0.25, -0.2) is 0 Å². The Kier molecular flexibility index (Phi) is 1.59. The van der Waals surface area contributed by atoms with E-state index in [9.17, 15) is 4.79 Å². The fraction of sp³-hybridized carbons (Fsp3) is 0.667. The molecule has 2 heterocycles. The van der Waals surface area contributed by atoms with Crippen molar-refractivity contribution >= 4 is 5.91 Å². The summed E-state index contributed by atoms with van der Waals surface area (Å²) in [5.41, 5.74) is 0. The lowest BCUT2D eigenvalue weighted by atomic mass is 10.1. The van der Waals surface area contributed by atoms with Crippen LogP contribution in [0.5, 0.6) is 0 Å². The zero-order valence-corrected chi connectivity index (χ0v) is 7.83. The Morgan fingerprint density at radius 1 is 1.21 bits per heavy atom. The highest BCUT2D eigenvalue weighted by atomic mass is 16.2. The first kappa shape index (κ1) is 7.96. The molecule has 5 heteroatoms. The Labute approximate surface area is 81.7 Å². The first-order valence-electron chi connectivity index (χ1n) is 4.99. The van der Waals surface area contributed by atoms with Crippen LogP contribution in [0.1, 0.15) is 18.9 Å². The molecule has 1 aliphatic heterocycles. The lowest BCUT2D eigenvalue weighted by Crippen LogP contribution is -2.51. The number of likely N-dealkylation sites (tertiary alicyclic amines) is 1. The van der Waals surface area contributed by atoms with E-state index in [0.717, 1.165) is 25.9 Å². The van der Waals surface area contributed by atoms with Crippen molar-refractivity contribution in [2.75, 3.05) is 13.1 Å². The molecule has 5 nitrogen and oxygen atoms in total. The van der Waals surface area contributed by atoms with E-state index in [2.05, 4.69) is 10.2 Å². The molecule has 0 unspecified atom stereocenters. The summed E-state index contributed by atoms with van der Waals surface area (Å²) in [5.74, 6) is 0.662. The van der Waals surface area contributed by atoms with Crippen LogP contribution in [0.2, 0.25) is 0 Å². The van der Waals surface area contributed by atoms with Crippen molar-refractivity contribution < 1.29 is 4.79 Å². The number of carbonyl (C=O) groups is 1. The molecule has 0 aromatic carbocycles. The molecule has 3 rings (SSSR count). The third-order valence-corrected chi connectivity index (χ3v) is 2.86. The zero-order chi connectivity index (χ0) is 9.54. The van der Waals surface area contributed by atoms with Gasteiger partial charge in [-0.2, -0.15) is 15.0 Å². The number of carbonyl (C=O) groups excluding carboxylic acids is 1. The van der Waals surface area contributed by atoms with E-state index in [1.54, 1.807) is 17.2 Å². The fourth-order valence-corrected chi connectivity index (χ4v) is 1.78. The van der Waals surface area contributed by atoms with Gasteiger partial charge in [0, 0.05) is 19.0 Å². The number of nitrogens with zero attached hydrogens (tertiary/aromatic N) is 4. The number of rotatable bonds is 2. The molecule has 0 radical (unpaired) electrons. The largest absolute Gasteiger partial charge is 0.338 e. The molecule has 1 aliphatic carbocycles. The maximum atomic E-state index is 11.6. The van der Waals surface area contributed by atoms with Gasteiger partial charge in [0.25, 0.3) is 0 Å². The van der Waals surface area contributed by atoms with Gasteiger partial charge in [-0.3, -0.25) is 4.79 Å². The van der Waals surface area contributed by atoms with Crippen molar-refractivity contribution in [1.82, 2.24) is 19.9 Å². The molecule has 14 heavy (non-hydrogen) atoms. The van der Waals surface area contributed by atoms with Crippen LogP contribution in [0, 0.1) is 5.92 Å². The molecule has 1 aromatic rings. The molecular weight excluding hydrogens is 180 g/mol. The smallest absolute Gasteiger partial charge is 0.225 e. The summed E-state index contributed by atoms with van der Waals surface area (Å²) in [6.07, 6.45) is 5.51. The van der Waals surface area contributed by atoms with Crippen LogP contribution in [0.4, 0.5) is 0 Å². The Hall–Kier alpha value is -1.39. The Balaban J connectivity index is 1.58. The van der Waals surface area contributed by atoms with Gasteiger partial charge in [-0.1, -0.05) is 0 Å². The molecule has 0 spiro atoms. The molecule has 1 amide bonds. The van der Waals surface area contributed by atoms with E-state index in [-0.39, 0.29) is 0 Å². The molecule has 0 bridgehead atoms. The molecular formula is C9H12N4O. The average molecular weight is 192 g/mol. The van der Waals surface area contributed by atoms with Crippen LogP contribution in [-0.4, -0.2) is 38.9 Å². The van der Waals surface area contributed by atoms with Crippen LogP contribution in [0.25, 0.3) is 0 Å². The molecule has 2 aliphatic rings. The first-order chi connectivity index (χ1) is 6.84. The van der Waals surface area contributed by atoms with E-state index in [1.807, 2.05) is 4.90 Å². The second kappa shape index (κ2) is 2.80. The molecule has 1 saturated heterocycles. The van der Waals surface area contributed by atoms with Crippen LogP contribution >= 0.6 is 0 Å². The predicted octanol–water partition coefficient (Wildman–Crippen LogP) is 0.0714. The number of hydrogen-bond donors (Lipinski definition) is 0. The van der Waals surface area contributed by atoms with Crippen LogP contribution in [0.15, 0.2) is 12.4 Å². The van der Waals surface area contributed by atoms with E-state index in [4.69, 9.17) is 0 Å². The van der Waals surface area contributed by atoms with Gasteiger partial charge in [0.2, 0.25) is 5.91 Å². The predicted molar refractivity (Wildman–Crippen MR) is 48.4 cm³/mol. The third-order valence-electron chi connectivity index (χ3n) is 2.86. The second-order valence-corrected chi connectivity index (χ2v) is 4.02. The zero-order valence-electron chi connectivity index (χ0n) is 7.83. The van der Waals surface area contributed by atoms with Gasteiger partial charge in [-0.15, -0.1) is 0 Å². The van der Waals surface area contributed by atoms with Crippen LogP contribution < -0.4 is 0 Å². The molecule has 0 N–H and O–H groups in total. The number of hydrogen-bond acceptors (Lipinski definition) is 3. The molecule has 74 valence electrons. The maximum absolute atomic E-state index is 11.6. The average Bonchev–Trinajstić information content (AvgIpc) is 2.83. The summed E-state index contributed by atoms with van der Waals surface area (Å²) in [4.78, 5) is 15.2. The van der Waals surface area contributed by atoms with Crippen molar-refractivity contribution in [2.24, 2.45) is 5.92 Å². The standard InChI is InChI=1S/C9H12N4O/c14-9(7-1-2-7)12-5-8(6-12)13-10-3-4-11-13/h3-4,7-8H,1-2,5-6H2. The number of amides is 1. The first-order valence-corrected chi connectivity index (χ1v) is 4.99. The molecule has 1 aromatic heterocycles. The minimum Gasteiger partial charge on any atom is -0.338 e. The summed E-state index contributed by atoms with van der Waals surface area (Å²) in [6, 6.07) is 0.299.